The predicted octanol–water partition coefficient (Wildman–Crippen LogP) is 3.60. The Bertz CT molecular complexity index is 1070. The van der Waals surface area contributed by atoms with Gasteiger partial charge in [-0.15, -0.1) is 0 Å². The molecule has 36 heavy (non-hydrogen) atoms. The van der Waals surface area contributed by atoms with Gasteiger partial charge < -0.3 is 24.3 Å². The Labute approximate surface area is 211 Å². The van der Waals surface area contributed by atoms with E-state index in [1.54, 1.807) is 25.1 Å². The molecular weight excluding hydrogens is 466 g/mol. The number of amides is 2. The molecule has 0 fully saturated rings. The van der Waals surface area contributed by atoms with E-state index in [9.17, 15) is 14.4 Å². The normalized spacial score (nSPS) is 11.6. The van der Waals surface area contributed by atoms with Gasteiger partial charge in [-0.05, 0) is 61.6 Å². The second-order valence-electron chi connectivity index (χ2n) is 8.23. The van der Waals surface area contributed by atoms with Crippen molar-refractivity contribution in [3.8, 4) is 17.2 Å². The van der Waals surface area contributed by atoms with Crippen LogP contribution in [-0.4, -0.2) is 50.5 Å². The van der Waals surface area contributed by atoms with Crippen molar-refractivity contribution in [1.29, 1.82) is 0 Å². The second-order valence-corrected chi connectivity index (χ2v) is 8.23. The number of aryl methyl sites for hydroxylation is 1. The smallest absolute Gasteiger partial charge is 0.493 e. The summed E-state index contributed by atoms with van der Waals surface area (Å²) in [6.45, 7) is 7.43. The summed E-state index contributed by atoms with van der Waals surface area (Å²) in [6.07, 6.45) is 0.988. The van der Waals surface area contributed by atoms with Crippen LogP contribution in [0.5, 0.6) is 17.2 Å². The summed E-state index contributed by atoms with van der Waals surface area (Å²) in [5.74, 6) is 0.361. The fourth-order valence-corrected chi connectivity index (χ4v) is 3.13. The Morgan fingerprint density at radius 1 is 1.06 bits per heavy atom. The zero-order valence-electron chi connectivity index (χ0n) is 21.2. The first-order chi connectivity index (χ1) is 17.2. The maximum Gasteiger partial charge on any atom is 0.513 e. The summed E-state index contributed by atoms with van der Waals surface area (Å²) >= 11 is 0. The summed E-state index contributed by atoms with van der Waals surface area (Å²) < 4.78 is 20.6. The molecular formula is C26H33N3O7. The fourth-order valence-electron chi connectivity index (χ4n) is 3.13. The highest BCUT2D eigenvalue weighted by Crippen LogP contribution is 2.28. The number of hydrogen-bond donors (Lipinski definition) is 2. The maximum atomic E-state index is 12.7. The van der Waals surface area contributed by atoms with E-state index in [0.717, 1.165) is 5.56 Å². The summed E-state index contributed by atoms with van der Waals surface area (Å²) in [7, 11) is 1.43. The van der Waals surface area contributed by atoms with Crippen LogP contribution in [0, 0.1) is 12.8 Å². The van der Waals surface area contributed by atoms with E-state index in [-0.39, 0.29) is 30.6 Å². The van der Waals surface area contributed by atoms with Gasteiger partial charge in [0.15, 0.2) is 18.1 Å². The van der Waals surface area contributed by atoms with Crippen LogP contribution in [0.25, 0.3) is 0 Å². The molecule has 0 unspecified atom stereocenters. The lowest BCUT2D eigenvalue weighted by Crippen LogP contribution is -2.47. The number of rotatable bonds is 12. The van der Waals surface area contributed by atoms with E-state index < -0.39 is 24.0 Å². The van der Waals surface area contributed by atoms with E-state index in [1.165, 1.54) is 19.4 Å². The van der Waals surface area contributed by atoms with Crippen molar-refractivity contribution in [2.24, 2.45) is 11.0 Å². The number of nitrogens with zero attached hydrogens (tertiary/aromatic N) is 1. The zero-order chi connectivity index (χ0) is 26.5. The number of para-hydroxylation sites is 1. The standard InChI is InChI=1S/C26H33N3O7/c1-6-34-26(32)36-22-12-11-19(14-23(22)33-5)15-27-29-25(31)20(13-17(2)3)28-24(30)16-35-21-10-8-7-9-18(21)4/h7-12,14-15,17,20H,6,13,16H2,1-5H3,(H,28,30)(H,29,31)/b27-15-/t20-/m0/s1. The molecule has 2 N–H and O–H groups in total. The molecule has 1 atom stereocenters. The average molecular weight is 500 g/mol. The zero-order valence-corrected chi connectivity index (χ0v) is 21.2. The van der Waals surface area contributed by atoms with Crippen LogP contribution in [0.4, 0.5) is 4.79 Å². The molecule has 10 heteroatoms. The predicted molar refractivity (Wildman–Crippen MR) is 134 cm³/mol. The van der Waals surface area contributed by atoms with Crippen LogP contribution >= 0.6 is 0 Å². The molecule has 194 valence electrons. The number of carbonyl (C=O) groups is 3. The minimum Gasteiger partial charge on any atom is -0.493 e. The number of carbonyl (C=O) groups excluding carboxylic acids is 3. The Kier molecular flexibility index (Phi) is 11.2. The highest BCUT2D eigenvalue weighted by Gasteiger charge is 2.22. The molecule has 2 rings (SSSR count). The lowest BCUT2D eigenvalue weighted by atomic mass is 10.0. The Balaban J connectivity index is 1.97. The first kappa shape index (κ1) is 28.2. The molecule has 0 heterocycles. The number of nitrogens with one attached hydrogen (secondary N) is 2. The highest BCUT2D eigenvalue weighted by atomic mass is 16.7. The third-order valence-corrected chi connectivity index (χ3v) is 4.84. The number of hydrazone groups is 1. The quantitative estimate of drug-likeness (QED) is 0.198. The van der Waals surface area contributed by atoms with Gasteiger partial charge in [0.2, 0.25) is 0 Å². The van der Waals surface area contributed by atoms with Crippen molar-refractivity contribution in [2.75, 3.05) is 20.3 Å². The van der Waals surface area contributed by atoms with Gasteiger partial charge in [-0.2, -0.15) is 5.10 Å². The third-order valence-electron chi connectivity index (χ3n) is 4.84. The van der Waals surface area contributed by atoms with Gasteiger partial charge in [0.25, 0.3) is 11.8 Å². The van der Waals surface area contributed by atoms with Crippen LogP contribution in [0.2, 0.25) is 0 Å². The molecule has 2 aromatic rings. The monoisotopic (exact) mass is 499 g/mol. The maximum absolute atomic E-state index is 12.7. The second kappa shape index (κ2) is 14.3. The molecule has 2 aromatic carbocycles. The van der Waals surface area contributed by atoms with E-state index in [4.69, 9.17) is 18.9 Å². The minimum atomic E-state index is -0.841. The number of ether oxygens (including phenoxy) is 4. The molecule has 0 aliphatic heterocycles. The molecule has 0 aliphatic rings. The largest absolute Gasteiger partial charge is 0.513 e. The Hall–Kier alpha value is -4.08. The first-order valence-electron chi connectivity index (χ1n) is 11.6. The number of methoxy groups -OCH3 is 1. The minimum absolute atomic E-state index is 0.151. The summed E-state index contributed by atoms with van der Waals surface area (Å²) in [5, 5.41) is 6.69. The van der Waals surface area contributed by atoms with Crippen molar-refractivity contribution in [3.63, 3.8) is 0 Å². The molecule has 0 radical (unpaired) electrons. The average Bonchev–Trinajstić information content (AvgIpc) is 2.83. The van der Waals surface area contributed by atoms with Crippen LogP contribution in [0.3, 0.4) is 0 Å². The Morgan fingerprint density at radius 2 is 1.81 bits per heavy atom. The fraction of sp³-hybridized carbons (Fsp3) is 0.385. The molecule has 0 bridgehead atoms. The highest BCUT2D eigenvalue weighted by molar-refractivity contribution is 5.89. The van der Waals surface area contributed by atoms with Crippen molar-refractivity contribution in [1.82, 2.24) is 10.7 Å². The van der Waals surface area contributed by atoms with Gasteiger partial charge in [0.1, 0.15) is 11.8 Å². The van der Waals surface area contributed by atoms with Gasteiger partial charge in [-0.1, -0.05) is 32.0 Å². The van der Waals surface area contributed by atoms with Crippen LogP contribution in [-0.2, 0) is 14.3 Å². The van der Waals surface area contributed by atoms with E-state index >= 15 is 0 Å². The summed E-state index contributed by atoms with van der Waals surface area (Å²) in [4.78, 5) is 36.7. The topological polar surface area (TPSA) is 125 Å². The van der Waals surface area contributed by atoms with Crippen molar-refractivity contribution in [2.45, 2.75) is 40.2 Å². The first-order valence-corrected chi connectivity index (χ1v) is 11.6. The Morgan fingerprint density at radius 3 is 2.47 bits per heavy atom. The van der Waals surface area contributed by atoms with Crippen molar-refractivity contribution >= 4 is 24.2 Å². The van der Waals surface area contributed by atoms with Crippen LogP contribution < -0.4 is 25.0 Å². The van der Waals surface area contributed by atoms with Crippen molar-refractivity contribution < 1.29 is 33.3 Å². The number of hydrogen-bond acceptors (Lipinski definition) is 8. The van der Waals surface area contributed by atoms with Crippen molar-refractivity contribution in [3.05, 3.63) is 53.6 Å². The van der Waals surface area contributed by atoms with Gasteiger partial charge in [-0.3, -0.25) is 9.59 Å². The SMILES string of the molecule is CCOC(=O)Oc1ccc(/C=N\NC(=O)[C@H](CC(C)C)NC(=O)COc2ccccc2C)cc1OC. The molecule has 10 nitrogen and oxygen atoms in total. The lowest BCUT2D eigenvalue weighted by Gasteiger charge is -2.19. The molecule has 0 saturated carbocycles. The van der Waals surface area contributed by atoms with Crippen LogP contribution in [0.1, 0.15) is 38.3 Å². The van der Waals surface area contributed by atoms with Gasteiger partial charge in [-0.25, -0.2) is 10.2 Å². The van der Waals surface area contributed by atoms with Gasteiger partial charge in [0.05, 0.1) is 19.9 Å². The molecule has 0 aliphatic carbocycles. The number of benzene rings is 2. The summed E-state index contributed by atoms with van der Waals surface area (Å²) in [6, 6.07) is 11.3. The molecule has 2 amide bonds. The molecule has 0 spiro atoms. The molecule has 0 aromatic heterocycles. The summed E-state index contributed by atoms with van der Waals surface area (Å²) in [5.41, 5.74) is 3.95. The van der Waals surface area contributed by atoms with E-state index in [1.807, 2.05) is 39.0 Å². The molecule has 0 saturated heterocycles. The van der Waals surface area contributed by atoms with Gasteiger partial charge >= 0.3 is 6.16 Å². The van der Waals surface area contributed by atoms with Gasteiger partial charge in [0, 0.05) is 0 Å². The van der Waals surface area contributed by atoms with Crippen LogP contribution in [0.15, 0.2) is 47.6 Å². The third kappa shape index (κ3) is 9.28. The van der Waals surface area contributed by atoms with E-state index in [2.05, 4.69) is 15.8 Å². The van der Waals surface area contributed by atoms with E-state index in [0.29, 0.717) is 17.7 Å². The lowest BCUT2D eigenvalue weighted by molar-refractivity contribution is -0.130.